The zero-order chi connectivity index (χ0) is 12.1. The zero-order valence-electron chi connectivity index (χ0n) is 10.3. The van der Waals surface area contributed by atoms with Crippen LogP contribution < -0.4 is 5.46 Å². The van der Waals surface area contributed by atoms with Crippen LogP contribution in [-0.2, 0) is 0 Å². The highest BCUT2D eigenvalue weighted by molar-refractivity contribution is 6.56. The lowest BCUT2D eigenvalue weighted by molar-refractivity contribution is 1.80. The van der Waals surface area contributed by atoms with Crippen molar-refractivity contribution in [3.05, 3.63) is 54.6 Å². The normalized spacial score (nSPS) is 11.6. The smallest absolute Gasteiger partial charge is 0.0872 e. The third kappa shape index (κ3) is 1.17. The van der Waals surface area contributed by atoms with Crippen LogP contribution >= 0.6 is 0 Å². The number of hydrogen-bond donors (Lipinski definition) is 0. The Labute approximate surface area is 107 Å². The third-order valence-corrected chi connectivity index (χ3v) is 3.87. The second-order valence-electron chi connectivity index (χ2n) is 4.80. The van der Waals surface area contributed by atoms with E-state index in [0.29, 0.717) is 0 Å². The van der Waals surface area contributed by atoms with E-state index in [9.17, 15) is 0 Å². The first kappa shape index (κ1) is 9.96. The maximum atomic E-state index is 2.25. The Kier molecular flexibility index (Phi) is 1.93. The standard InChI is InChI=1S/C17H12B/c1-18-15-10-8-13-6-5-11-3-2-4-12-7-9-14(15)17(13)16(11)12/h2-10H,1H3. The van der Waals surface area contributed by atoms with Crippen LogP contribution in [0.5, 0.6) is 0 Å². The molecule has 0 atom stereocenters. The minimum Gasteiger partial charge on any atom is -0.0872 e. The molecular formula is C17H12B. The summed E-state index contributed by atoms with van der Waals surface area (Å²) in [4.78, 5) is 0. The molecule has 0 spiro atoms. The van der Waals surface area contributed by atoms with Gasteiger partial charge in [-0.15, -0.1) is 0 Å². The van der Waals surface area contributed by atoms with Crippen LogP contribution in [-0.4, -0.2) is 7.28 Å². The van der Waals surface area contributed by atoms with E-state index < -0.39 is 0 Å². The molecule has 83 valence electrons. The fourth-order valence-corrected chi connectivity index (χ4v) is 3.01. The molecule has 0 aliphatic rings. The maximum Gasteiger partial charge on any atom is 0.149 e. The lowest BCUT2D eigenvalue weighted by Crippen LogP contribution is -2.11. The summed E-state index contributed by atoms with van der Waals surface area (Å²) in [7, 11) is 2.19. The molecule has 0 bridgehead atoms. The van der Waals surface area contributed by atoms with Crippen LogP contribution in [0.3, 0.4) is 0 Å². The monoisotopic (exact) mass is 227 g/mol. The van der Waals surface area contributed by atoms with Crippen molar-refractivity contribution in [2.45, 2.75) is 6.82 Å². The largest absolute Gasteiger partial charge is 0.149 e. The number of benzene rings is 4. The van der Waals surface area contributed by atoms with E-state index in [1.807, 2.05) is 0 Å². The van der Waals surface area contributed by atoms with Gasteiger partial charge in [-0.2, -0.15) is 0 Å². The van der Waals surface area contributed by atoms with Crippen molar-refractivity contribution in [1.82, 2.24) is 0 Å². The van der Waals surface area contributed by atoms with Crippen molar-refractivity contribution in [2.75, 3.05) is 0 Å². The third-order valence-electron chi connectivity index (χ3n) is 3.87. The SMILES string of the molecule is C[B]c1ccc2ccc3cccc4ccc1c2c34. The Hall–Kier alpha value is -2.02. The summed E-state index contributed by atoms with van der Waals surface area (Å²) in [5.41, 5.74) is 1.32. The Balaban J connectivity index is 2.40. The number of hydrogen-bond acceptors (Lipinski definition) is 0. The van der Waals surface area contributed by atoms with Gasteiger partial charge < -0.3 is 0 Å². The summed E-state index contributed by atoms with van der Waals surface area (Å²) in [6.45, 7) is 2.10. The molecule has 4 aromatic rings. The fourth-order valence-electron chi connectivity index (χ4n) is 3.01. The van der Waals surface area contributed by atoms with Crippen molar-refractivity contribution in [2.24, 2.45) is 0 Å². The lowest BCUT2D eigenvalue weighted by atomic mass is 9.70. The van der Waals surface area contributed by atoms with Crippen LogP contribution in [0.4, 0.5) is 0 Å². The average Bonchev–Trinajstić information content (AvgIpc) is 2.44. The van der Waals surface area contributed by atoms with Crippen molar-refractivity contribution in [3.63, 3.8) is 0 Å². The van der Waals surface area contributed by atoms with Crippen LogP contribution in [0.15, 0.2) is 54.6 Å². The zero-order valence-corrected chi connectivity index (χ0v) is 10.3. The van der Waals surface area contributed by atoms with E-state index in [2.05, 4.69) is 68.7 Å². The van der Waals surface area contributed by atoms with Gasteiger partial charge in [-0.05, 0) is 32.3 Å². The second kappa shape index (κ2) is 3.49. The van der Waals surface area contributed by atoms with Crippen LogP contribution in [0.25, 0.3) is 32.3 Å². The molecule has 0 aliphatic heterocycles. The van der Waals surface area contributed by atoms with Crippen molar-refractivity contribution in [1.29, 1.82) is 0 Å². The van der Waals surface area contributed by atoms with Gasteiger partial charge in [-0.1, -0.05) is 66.9 Å². The fraction of sp³-hybridized carbons (Fsp3) is 0.0588. The predicted molar refractivity (Wildman–Crippen MR) is 81.4 cm³/mol. The van der Waals surface area contributed by atoms with Crippen molar-refractivity contribution in [3.8, 4) is 0 Å². The number of rotatable bonds is 1. The molecule has 1 radical (unpaired) electrons. The van der Waals surface area contributed by atoms with E-state index >= 15 is 0 Å². The molecular weight excluding hydrogens is 215 g/mol. The van der Waals surface area contributed by atoms with E-state index in [4.69, 9.17) is 0 Å². The van der Waals surface area contributed by atoms with E-state index in [1.165, 1.54) is 37.8 Å². The lowest BCUT2D eigenvalue weighted by Gasteiger charge is -2.12. The van der Waals surface area contributed by atoms with Gasteiger partial charge in [0, 0.05) is 0 Å². The highest BCUT2D eigenvalue weighted by Gasteiger charge is 2.09. The van der Waals surface area contributed by atoms with Gasteiger partial charge >= 0.3 is 0 Å². The Morgan fingerprint density at radius 1 is 0.667 bits per heavy atom. The Morgan fingerprint density at radius 3 is 2.00 bits per heavy atom. The van der Waals surface area contributed by atoms with Crippen LogP contribution in [0.2, 0.25) is 6.82 Å². The highest BCUT2D eigenvalue weighted by atomic mass is 14.1. The molecule has 0 unspecified atom stereocenters. The molecule has 0 fully saturated rings. The van der Waals surface area contributed by atoms with Gasteiger partial charge in [-0.25, -0.2) is 0 Å². The van der Waals surface area contributed by atoms with Crippen molar-refractivity contribution < 1.29 is 0 Å². The molecule has 0 aliphatic carbocycles. The molecule has 0 N–H and O–H groups in total. The van der Waals surface area contributed by atoms with Gasteiger partial charge in [0.15, 0.2) is 0 Å². The van der Waals surface area contributed by atoms with Gasteiger partial charge in [0.1, 0.15) is 7.28 Å². The Bertz CT molecular complexity index is 845. The molecule has 0 aromatic heterocycles. The van der Waals surface area contributed by atoms with Crippen LogP contribution in [0.1, 0.15) is 0 Å². The first-order valence-electron chi connectivity index (χ1n) is 6.34. The van der Waals surface area contributed by atoms with Gasteiger partial charge in [0.2, 0.25) is 0 Å². The molecule has 0 nitrogen and oxygen atoms in total. The van der Waals surface area contributed by atoms with E-state index in [1.54, 1.807) is 0 Å². The molecule has 18 heavy (non-hydrogen) atoms. The maximum absolute atomic E-state index is 2.25. The summed E-state index contributed by atoms with van der Waals surface area (Å²) < 4.78 is 0. The first-order chi connectivity index (χ1) is 8.88. The quantitative estimate of drug-likeness (QED) is 0.341. The average molecular weight is 227 g/mol. The highest BCUT2D eigenvalue weighted by Crippen LogP contribution is 2.33. The molecule has 1 heteroatoms. The summed E-state index contributed by atoms with van der Waals surface area (Å²) in [5, 5.41) is 8.16. The Morgan fingerprint density at radius 2 is 1.28 bits per heavy atom. The predicted octanol–water partition coefficient (Wildman–Crippen LogP) is 3.96. The molecule has 0 amide bonds. The molecule has 0 heterocycles. The topological polar surface area (TPSA) is 0 Å². The molecule has 0 saturated carbocycles. The van der Waals surface area contributed by atoms with Crippen LogP contribution in [0, 0.1) is 0 Å². The minimum absolute atomic E-state index is 1.32. The molecule has 4 aromatic carbocycles. The van der Waals surface area contributed by atoms with Gasteiger partial charge in [0.05, 0.1) is 0 Å². The van der Waals surface area contributed by atoms with E-state index in [0.717, 1.165) is 0 Å². The van der Waals surface area contributed by atoms with Crippen molar-refractivity contribution >= 4 is 45.1 Å². The summed E-state index contributed by atoms with van der Waals surface area (Å²) in [5.74, 6) is 0. The second-order valence-corrected chi connectivity index (χ2v) is 4.80. The summed E-state index contributed by atoms with van der Waals surface area (Å²) >= 11 is 0. The van der Waals surface area contributed by atoms with Gasteiger partial charge in [-0.3, -0.25) is 0 Å². The molecule has 4 rings (SSSR count). The minimum atomic E-state index is 1.32. The van der Waals surface area contributed by atoms with Gasteiger partial charge in [0.25, 0.3) is 0 Å². The van der Waals surface area contributed by atoms with E-state index in [-0.39, 0.29) is 0 Å². The first-order valence-corrected chi connectivity index (χ1v) is 6.34. The summed E-state index contributed by atoms with van der Waals surface area (Å²) in [6, 6.07) is 19.9. The molecule has 0 saturated heterocycles. The summed E-state index contributed by atoms with van der Waals surface area (Å²) in [6.07, 6.45) is 0.